The lowest BCUT2D eigenvalue weighted by molar-refractivity contribution is -0.169. The maximum Gasteiger partial charge on any atom is 0.309 e. The fraction of sp³-hybridized carbons (Fsp3) is 0.909. The van der Waals surface area contributed by atoms with Gasteiger partial charge in [-0.25, -0.2) is 0 Å². The second-order valence-electron chi connectivity index (χ2n) is 5.04. The molecule has 1 aliphatic carbocycles. The van der Waals surface area contributed by atoms with E-state index in [4.69, 9.17) is 5.11 Å². The Morgan fingerprint density at radius 2 is 1.75 bits per heavy atom. The number of aliphatic hydroxyl groups is 3. The lowest BCUT2D eigenvalue weighted by Crippen LogP contribution is -2.53. The normalized spacial score (nSPS) is 40.0. The van der Waals surface area contributed by atoms with E-state index in [0.717, 1.165) is 0 Å². The summed E-state index contributed by atoms with van der Waals surface area (Å²) in [6.07, 6.45) is -2.91. The van der Waals surface area contributed by atoms with E-state index < -0.39 is 30.2 Å². The van der Waals surface area contributed by atoms with E-state index in [1.165, 1.54) is 0 Å². The van der Waals surface area contributed by atoms with Gasteiger partial charge in [0, 0.05) is 0 Å². The average molecular weight is 232 g/mol. The van der Waals surface area contributed by atoms with Crippen molar-refractivity contribution in [3.05, 3.63) is 0 Å². The first-order chi connectivity index (χ1) is 7.34. The van der Waals surface area contributed by atoms with E-state index in [2.05, 4.69) is 0 Å². The Hall–Kier alpha value is -0.650. The van der Waals surface area contributed by atoms with Crippen LogP contribution in [0.3, 0.4) is 0 Å². The van der Waals surface area contributed by atoms with E-state index in [-0.39, 0.29) is 12.3 Å². The first-order valence-electron chi connectivity index (χ1n) is 5.61. The molecule has 5 nitrogen and oxygen atoms in total. The van der Waals surface area contributed by atoms with Gasteiger partial charge in [0.25, 0.3) is 0 Å². The SMILES string of the molecule is CC(C)C[C@@H]1CC(C(=O)O)[C@@H](O)C(O)C1O. The lowest BCUT2D eigenvalue weighted by atomic mass is 9.73. The Morgan fingerprint density at radius 3 is 2.19 bits per heavy atom. The summed E-state index contributed by atoms with van der Waals surface area (Å²) in [5.74, 6) is -2.05. The highest BCUT2D eigenvalue weighted by Crippen LogP contribution is 2.34. The van der Waals surface area contributed by atoms with Gasteiger partial charge in [-0.3, -0.25) is 4.79 Å². The molecule has 1 saturated carbocycles. The molecule has 0 aromatic heterocycles. The van der Waals surface area contributed by atoms with Crippen LogP contribution in [0.15, 0.2) is 0 Å². The number of aliphatic hydroxyl groups excluding tert-OH is 3. The van der Waals surface area contributed by atoms with Gasteiger partial charge in [-0.05, 0) is 24.7 Å². The first kappa shape index (κ1) is 13.4. The highest BCUT2D eigenvalue weighted by molar-refractivity contribution is 5.71. The van der Waals surface area contributed by atoms with Crippen molar-refractivity contribution in [3.8, 4) is 0 Å². The van der Waals surface area contributed by atoms with Crippen LogP contribution in [0, 0.1) is 17.8 Å². The molecule has 1 rings (SSSR count). The van der Waals surface area contributed by atoms with Gasteiger partial charge < -0.3 is 20.4 Å². The molecule has 0 aliphatic heterocycles. The summed E-state index contributed by atoms with van der Waals surface area (Å²) in [6, 6.07) is 0. The van der Waals surface area contributed by atoms with Crippen LogP contribution in [0.25, 0.3) is 0 Å². The topological polar surface area (TPSA) is 98.0 Å². The fourth-order valence-corrected chi connectivity index (χ4v) is 2.41. The molecule has 1 fully saturated rings. The number of carboxylic acid groups (broad SMARTS) is 1. The number of rotatable bonds is 3. The van der Waals surface area contributed by atoms with Crippen molar-refractivity contribution in [2.75, 3.05) is 0 Å². The van der Waals surface area contributed by atoms with Crippen LogP contribution in [-0.4, -0.2) is 44.7 Å². The highest BCUT2D eigenvalue weighted by atomic mass is 16.4. The Labute approximate surface area is 94.7 Å². The molecule has 0 amide bonds. The summed E-state index contributed by atoms with van der Waals surface area (Å²) >= 11 is 0. The molecule has 5 heteroatoms. The second-order valence-corrected chi connectivity index (χ2v) is 5.04. The molecule has 1 aliphatic rings. The number of carboxylic acids is 1. The van der Waals surface area contributed by atoms with Crippen molar-refractivity contribution in [2.24, 2.45) is 17.8 Å². The largest absolute Gasteiger partial charge is 0.481 e. The van der Waals surface area contributed by atoms with Crippen LogP contribution < -0.4 is 0 Å². The number of hydrogen-bond acceptors (Lipinski definition) is 4. The van der Waals surface area contributed by atoms with Crippen molar-refractivity contribution in [1.29, 1.82) is 0 Å². The highest BCUT2D eigenvalue weighted by Gasteiger charge is 2.45. The summed E-state index contributed by atoms with van der Waals surface area (Å²) in [7, 11) is 0. The summed E-state index contributed by atoms with van der Waals surface area (Å²) in [5, 5.41) is 37.8. The van der Waals surface area contributed by atoms with Crippen LogP contribution in [0.4, 0.5) is 0 Å². The van der Waals surface area contributed by atoms with E-state index in [0.29, 0.717) is 12.3 Å². The number of hydrogen-bond donors (Lipinski definition) is 4. The minimum atomic E-state index is -1.38. The zero-order valence-electron chi connectivity index (χ0n) is 9.58. The lowest BCUT2D eigenvalue weighted by Gasteiger charge is -2.39. The van der Waals surface area contributed by atoms with Crippen LogP contribution in [0.1, 0.15) is 26.7 Å². The average Bonchev–Trinajstić information content (AvgIpc) is 2.18. The molecule has 0 bridgehead atoms. The Balaban J connectivity index is 2.77. The molecule has 4 N–H and O–H groups in total. The Kier molecular flexibility index (Phi) is 4.29. The van der Waals surface area contributed by atoms with Gasteiger partial charge >= 0.3 is 5.97 Å². The van der Waals surface area contributed by atoms with Crippen molar-refractivity contribution in [3.63, 3.8) is 0 Å². The molecule has 3 unspecified atom stereocenters. The van der Waals surface area contributed by atoms with Crippen molar-refractivity contribution >= 4 is 5.97 Å². The van der Waals surface area contributed by atoms with Crippen LogP contribution in [0.2, 0.25) is 0 Å². The molecule has 16 heavy (non-hydrogen) atoms. The maximum atomic E-state index is 10.9. The quantitative estimate of drug-likeness (QED) is 0.542. The van der Waals surface area contributed by atoms with Gasteiger partial charge in [0.2, 0.25) is 0 Å². The van der Waals surface area contributed by atoms with Gasteiger partial charge in [-0.1, -0.05) is 13.8 Å². The van der Waals surface area contributed by atoms with Crippen molar-refractivity contribution < 1.29 is 25.2 Å². The molecule has 0 aromatic carbocycles. The van der Waals surface area contributed by atoms with Crippen molar-refractivity contribution in [1.82, 2.24) is 0 Å². The predicted molar refractivity (Wildman–Crippen MR) is 56.7 cm³/mol. The van der Waals surface area contributed by atoms with Gasteiger partial charge in [-0.2, -0.15) is 0 Å². The molecule has 0 saturated heterocycles. The second kappa shape index (κ2) is 5.12. The van der Waals surface area contributed by atoms with E-state index >= 15 is 0 Å². The molecular weight excluding hydrogens is 212 g/mol. The van der Waals surface area contributed by atoms with Crippen LogP contribution >= 0.6 is 0 Å². The molecule has 5 atom stereocenters. The summed E-state index contributed by atoms with van der Waals surface area (Å²) in [6.45, 7) is 3.94. The third-order valence-corrected chi connectivity index (χ3v) is 3.24. The minimum Gasteiger partial charge on any atom is -0.481 e. The van der Waals surface area contributed by atoms with Gasteiger partial charge in [0.15, 0.2) is 0 Å². The third-order valence-electron chi connectivity index (χ3n) is 3.24. The van der Waals surface area contributed by atoms with Gasteiger partial charge in [0.05, 0.1) is 18.1 Å². The van der Waals surface area contributed by atoms with E-state index in [9.17, 15) is 20.1 Å². The van der Waals surface area contributed by atoms with Crippen LogP contribution in [-0.2, 0) is 4.79 Å². The summed E-state index contributed by atoms with van der Waals surface area (Å²) in [5.41, 5.74) is 0. The zero-order valence-corrected chi connectivity index (χ0v) is 9.58. The molecule has 0 radical (unpaired) electrons. The Bertz CT molecular complexity index is 253. The molecule has 0 heterocycles. The number of aliphatic carboxylic acids is 1. The smallest absolute Gasteiger partial charge is 0.309 e. The first-order valence-corrected chi connectivity index (χ1v) is 5.61. The number of carbonyl (C=O) groups is 1. The zero-order chi connectivity index (χ0) is 12.5. The van der Waals surface area contributed by atoms with E-state index in [1.807, 2.05) is 13.8 Å². The minimum absolute atomic E-state index is 0.215. The monoisotopic (exact) mass is 232 g/mol. The third kappa shape index (κ3) is 2.72. The maximum absolute atomic E-state index is 10.9. The van der Waals surface area contributed by atoms with Crippen molar-refractivity contribution in [2.45, 2.75) is 45.0 Å². The summed E-state index contributed by atoms with van der Waals surface area (Å²) < 4.78 is 0. The van der Waals surface area contributed by atoms with Gasteiger partial charge in [-0.15, -0.1) is 0 Å². The molecule has 0 spiro atoms. The fourth-order valence-electron chi connectivity index (χ4n) is 2.41. The van der Waals surface area contributed by atoms with E-state index in [1.54, 1.807) is 0 Å². The van der Waals surface area contributed by atoms with Crippen LogP contribution in [0.5, 0.6) is 0 Å². The molecule has 0 aromatic rings. The standard InChI is InChI=1S/C11H20O5/c1-5(2)3-6-4-7(11(15)16)9(13)10(14)8(6)12/h5-10,12-14H,3-4H2,1-2H3,(H,15,16)/t6-,7?,8?,9-,10?/m1/s1. The summed E-state index contributed by atoms with van der Waals surface area (Å²) in [4.78, 5) is 10.9. The Morgan fingerprint density at radius 1 is 1.19 bits per heavy atom. The molecule has 94 valence electrons. The predicted octanol–water partition coefficient (Wildman–Crippen LogP) is -0.164. The molecular formula is C11H20O5. The van der Waals surface area contributed by atoms with Gasteiger partial charge in [0.1, 0.15) is 6.10 Å².